The first-order chi connectivity index (χ1) is 5.68. The van der Waals surface area contributed by atoms with E-state index in [1.165, 1.54) is 25.8 Å². The molecule has 1 fully saturated rings. The molecule has 0 radical (unpaired) electrons. The molecular weight excluding hydrogens is 150 g/mol. The molecule has 1 heterocycles. The highest BCUT2D eigenvalue weighted by atomic mass is 15.4. The number of nitrogens with two attached hydrogens (primary N) is 1. The summed E-state index contributed by atoms with van der Waals surface area (Å²) in [7, 11) is 4.27. The SMILES string of the molecule is CN(C)CCC1CCN(N)CC1. The number of hydrogen-bond acceptors (Lipinski definition) is 3. The van der Waals surface area contributed by atoms with E-state index in [4.69, 9.17) is 5.84 Å². The lowest BCUT2D eigenvalue weighted by atomic mass is 9.94. The fraction of sp³-hybridized carbons (Fsp3) is 1.00. The van der Waals surface area contributed by atoms with Gasteiger partial charge in [0.05, 0.1) is 0 Å². The molecule has 0 amide bonds. The van der Waals surface area contributed by atoms with E-state index in [2.05, 4.69) is 19.0 Å². The molecule has 1 aliphatic rings. The highest BCUT2D eigenvalue weighted by Crippen LogP contribution is 2.18. The van der Waals surface area contributed by atoms with Gasteiger partial charge in [0.2, 0.25) is 0 Å². The highest BCUT2D eigenvalue weighted by Gasteiger charge is 2.16. The van der Waals surface area contributed by atoms with Gasteiger partial charge in [-0.25, -0.2) is 5.01 Å². The Balaban J connectivity index is 2.09. The minimum absolute atomic E-state index is 0.909. The molecule has 0 aliphatic carbocycles. The Kier molecular flexibility index (Phi) is 3.98. The van der Waals surface area contributed by atoms with Gasteiger partial charge in [-0.1, -0.05) is 0 Å². The molecular formula is C9H21N3. The van der Waals surface area contributed by atoms with Crippen LogP contribution in [0.4, 0.5) is 0 Å². The van der Waals surface area contributed by atoms with Gasteiger partial charge in [-0.15, -0.1) is 0 Å². The van der Waals surface area contributed by atoms with Crippen molar-refractivity contribution in [3.8, 4) is 0 Å². The van der Waals surface area contributed by atoms with Gasteiger partial charge in [0.15, 0.2) is 0 Å². The third-order valence-electron chi connectivity index (χ3n) is 2.63. The van der Waals surface area contributed by atoms with Gasteiger partial charge in [0.25, 0.3) is 0 Å². The van der Waals surface area contributed by atoms with E-state index in [1.54, 1.807) is 0 Å². The molecule has 0 unspecified atom stereocenters. The first kappa shape index (κ1) is 9.96. The second kappa shape index (κ2) is 4.80. The molecule has 12 heavy (non-hydrogen) atoms. The maximum absolute atomic E-state index is 5.68. The standard InChI is InChI=1S/C9H21N3/c1-11(2)6-3-9-4-7-12(10)8-5-9/h9H,3-8,10H2,1-2H3. The van der Waals surface area contributed by atoms with Crippen LogP contribution in [-0.2, 0) is 0 Å². The van der Waals surface area contributed by atoms with E-state index < -0.39 is 0 Å². The molecule has 1 rings (SSSR count). The third kappa shape index (κ3) is 3.52. The molecule has 2 N–H and O–H groups in total. The fourth-order valence-corrected chi connectivity index (χ4v) is 1.68. The Hall–Kier alpha value is -0.120. The average molecular weight is 171 g/mol. The Morgan fingerprint density at radius 3 is 2.42 bits per heavy atom. The third-order valence-corrected chi connectivity index (χ3v) is 2.63. The number of hydrazine groups is 1. The summed E-state index contributed by atoms with van der Waals surface area (Å²) in [6, 6.07) is 0. The normalized spacial score (nSPS) is 22.0. The van der Waals surface area contributed by atoms with Crippen molar-refractivity contribution in [2.75, 3.05) is 33.7 Å². The van der Waals surface area contributed by atoms with Crippen LogP contribution >= 0.6 is 0 Å². The van der Waals surface area contributed by atoms with Crippen molar-refractivity contribution < 1.29 is 0 Å². The smallest absolute Gasteiger partial charge is 0.0131 e. The maximum atomic E-state index is 5.68. The van der Waals surface area contributed by atoms with Crippen molar-refractivity contribution in [3.63, 3.8) is 0 Å². The van der Waals surface area contributed by atoms with Gasteiger partial charge in [0.1, 0.15) is 0 Å². The minimum Gasteiger partial charge on any atom is -0.309 e. The molecule has 3 nitrogen and oxygen atoms in total. The van der Waals surface area contributed by atoms with Crippen LogP contribution in [0.3, 0.4) is 0 Å². The first-order valence-corrected chi connectivity index (χ1v) is 4.83. The molecule has 0 atom stereocenters. The summed E-state index contributed by atoms with van der Waals surface area (Å²) >= 11 is 0. The lowest BCUT2D eigenvalue weighted by Gasteiger charge is -2.29. The lowest BCUT2D eigenvalue weighted by Crippen LogP contribution is -2.39. The molecule has 1 saturated heterocycles. The van der Waals surface area contributed by atoms with Gasteiger partial charge in [0, 0.05) is 13.1 Å². The van der Waals surface area contributed by atoms with Crippen LogP contribution in [0.15, 0.2) is 0 Å². The van der Waals surface area contributed by atoms with Crippen LogP contribution < -0.4 is 5.84 Å². The van der Waals surface area contributed by atoms with Crippen molar-refractivity contribution in [3.05, 3.63) is 0 Å². The Labute approximate surface area is 75.5 Å². The van der Waals surface area contributed by atoms with Gasteiger partial charge in [-0.05, 0) is 45.8 Å². The maximum Gasteiger partial charge on any atom is 0.0131 e. The average Bonchev–Trinajstić information content (AvgIpc) is 2.03. The van der Waals surface area contributed by atoms with Crippen LogP contribution in [0.2, 0.25) is 0 Å². The predicted octanol–water partition coefficient (Wildman–Crippen LogP) is 0.524. The number of hydrogen-bond donors (Lipinski definition) is 1. The molecule has 1 aliphatic heterocycles. The van der Waals surface area contributed by atoms with Crippen molar-refractivity contribution in [1.29, 1.82) is 0 Å². The van der Waals surface area contributed by atoms with Gasteiger partial charge in [-0.2, -0.15) is 0 Å². The van der Waals surface area contributed by atoms with E-state index in [1.807, 2.05) is 5.01 Å². The zero-order valence-electron chi connectivity index (χ0n) is 8.29. The summed E-state index contributed by atoms with van der Waals surface area (Å²) in [5.74, 6) is 6.59. The topological polar surface area (TPSA) is 32.5 Å². The quantitative estimate of drug-likeness (QED) is 0.628. The van der Waals surface area contributed by atoms with Crippen LogP contribution in [0.1, 0.15) is 19.3 Å². The predicted molar refractivity (Wildman–Crippen MR) is 51.7 cm³/mol. The van der Waals surface area contributed by atoms with E-state index in [0.717, 1.165) is 19.0 Å². The van der Waals surface area contributed by atoms with Crippen molar-refractivity contribution in [1.82, 2.24) is 9.91 Å². The monoisotopic (exact) mass is 171 g/mol. The summed E-state index contributed by atoms with van der Waals surface area (Å²) < 4.78 is 0. The Morgan fingerprint density at radius 2 is 1.92 bits per heavy atom. The zero-order valence-corrected chi connectivity index (χ0v) is 8.29. The Bertz CT molecular complexity index is 117. The van der Waals surface area contributed by atoms with Gasteiger partial charge in [-0.3, -0.25) is 5.84 Å². The number of piperidine rings is 1. The summed E-state index contributed by atoms with van der Waals surface area (Å²) in [6.07, 6.45) is 3.90. The molecule has 0 spiro atoms. The minimum atomic E-state index is 0.909. The second-order valence-electron chi connectivity index (χ2n) is 4.07. The van der Waals surface area contributed by atoms with Crippen molar-refractivity contribution in [2.45, 2.75) is 19.3 Å². The molecule has 0 aromatic carbocycles. The largest absolute Gasteiger partial charge is 0.309 e. The highest BCUT2D eigenvalue weighted by molar-refractivity contribution is 4.69. The van der Waals surface area contributed by atoms with Gasteiger partial charge >= 0.3 is 0 Å². The van der Waals surface area contributed by atoms with E-state index in [0.29, 0.717) is 0 Å². The van der Waals surface area contributed by atoms with Crippen molar-refractivity contribution in [2.24, 2.45) is 11.8 Å². The molecule has 0 saturated carbocycles. The number of nitrogens with zero attached hydrogens (tertiary/aromatic N) is 2. The van der Waals surface area contributed by atoms with Gasteiger partial charge < -0.3 is 4.90 Å². The zero-order chi connectivity index (χ0) is 8.97. The van der Waals surface area contributed by atoms with E-state index >= 15 is 0 Å². The molecule has 72 valence electrons. The molecule has 0 bridgehead atoms. The van der Waals surface area contributed by atoms with Crippen LogP contribution in [0.5, 0.6) is 0 Å². The van der Waals surface area contributed by atoms with Crippen LogP contribution in [0.25, 0.3) is 0 Å². The van der Waals surface area contributed by atoms with Crippen LogP contribution in [0, 0.1) is 5.92 Å². The van der Waals surface area contributed by atoms with Crippen LogP contribution in [-0.4, -0.2) is 43.6 Å². The van der Waals surface area contributed by atoms with E-state index in [-0.39, 0.29) is 0 Å². The van der Waals surface area contributed by atoms with E-state index in [9.17, 15) is 0 Å². The first-order valence-electron chi connectivity index (χ1n) is 4.83. The lowest BCUT2D eigenvalue weighted by molar-refractivity contribution is 0.175. The summed E-state index contributed by atoms with van der Waals surface area (Å²) in [5, 5.41) is 1.94. The summed E-state index contributed by atoms with van der Waals surface area (Å²) in [4.78, 5) is 2.26. The van der Waals surface area contributed by atoms with Crippen molar-refractivity contribution >= 4 is 0 Å². The summed E-state index contributed by atoms with van der Waals surface area (Å²) in [5.41, 5.74) is 0. The Morgan fingerprint density at radius 1 is 1.33 bits per heavy atom. The molecule has 3 heteroatoms. The fourth-order valence-electron chi connectivity index (χ4n) is 1.68. The molecule has 0 aromatic heterocycles. The second-order valence-corrected chi connectivity index (χ2v) is 4.07. The molecule has 0 aromatic rings. The number of rotatable bonds is 3. The summed E-state index contributed by atoms with van der Waals surface area (Å²) in [6.45, 7) is 3.38.